The molecule has 0 aliphatic carbocycles. The predicted molar refractivity (Wildman–Crippen MR) is 97.9 cm³/mol. The van der Waals surface area contributed by atoms with E-state index in [0.717, 1.165) is 4.31 Å². The molecule has 6 nitrogen and oxygen atoms in total. The van der Waals surface area contributed by atoms with E-state index in [0.29, 0.717) is 16.5 Å². The monoisotopic (exact) mass is 402 g/mol. The summed E-state index contributed by atoms with van der Waals surface area (Å²) in [5.41, 5.74) is 0.448. The Morgan fingerprint density at radius 3 is 2.36 bits per heavy atom. The largest absolute Gasteiger partial charge is 0.482 e. The van der Waals surface area contributed by atoms with Gasteiger partial charge in [-0.1, -0.05) is 29.3 Å². The number of halogens is 2. The Hall–Kier alpha value is -1.80. The number of anilines is 1. The molecule has 0 spiro atoms. The first-order valence-corrected chi connectivity index (χ1v) is 9.30. The zero-order valence-corrected chi connectivity index (χ0v) is 15.8. The minimum absolute atomic E-state index is 0.137. The molecule has 2 aromatic carbocycles. The second-order valence-electron chi connectivity index (χ2n) is 5.20. The lowest BCUT2D eigenvalue weighted by atomic mass is 10.3. The SMILES string of the molecule is CN(C)S(=O)(=O)c1ccc(NC(=O)COc2cccc(Cl)c2Cl)cc1. The third kappa shape index (κ3) is 4.85. The van der Waals surface area contributed by atoms with Crippen molar-refractivity contribution in [2.24, 2.45) is 0 Å². The summed E-state index contributed by atoms with van der Waals surface area (Å²) in [7, 11) is -0.613. The maximum absolute atomic E-state index is 12.0. The molecule has 0 bridgehead atoms. The van der Waals surface area contributed by atoms with Crippen molar-refractivity contribution in [1.29, 1.82) is 0 Å². The van der Waals surface area contributed by atoms with E-state index in [1.807, 2.05) is 0 Å². The number of amides is 1. The molecule has 0 aliphatic rings. The molecule has 2 rings (SSSR count). The third-order valence-electron chi connectivity index (χ3n) is 3.19. The molecule has 2 aromatic rings. The molecule has 0 aliphatic heterocycles. The maximum Gasteiger partial charge on any atom is 0.262 e. The molecule has 9 heteroatoms. The van der Waals surface area contributed by atoms with Gasteiger partial charge < -0.3 is 10.1 Å². The van der Waals surface area contributed by atoms with Gasteiger partial charge in [0.2, 0.25) is 10.0 Å². The number of benzene rings is 2. The van der Waals surface area contributed by atoms with Crippen LogP contribution in [-0.2, 0) is 14.8 Å². The smallest absolute Gasteiger partial charge is 0.262 e. The van der Waals surface area contributed by atoms with Crippen LogP contribution in [-0.4, -0.2) is 39.3 Å². The number of ether oxygens (including phenoxy) is 1. The maximum atomic E-state index is 12.0. The molecule has 134 valence electrons. The van der Waals surface area contributed by atoms with Gasteiger partial charge in [-0.25, -0.2) is 12.7 Å². The fourth-order valence-corrected chi connectivity index (χ4v) is 3.10. The summed E-state index contributed by atoms with van der Waals surface area (Å²) in [5.74, 6) is -0.115. The number of carbonyl (C=O) groups is 1. The van der Waals surface area contributed by atoms with Crippen LogP contribution in [0.2, 0.25) is 10.0 Å². The molecule has 1 amide bonds. The third-order valence-corrected chi connectivity index (χ3v) is 5.82. The van der Waals surface area contributed by atoms with Crippen molar-refractivity contribution in [3.8, 4) is 5.75 Å². The van der Waals surface area contributed by atoms with Crippen LogP contribution in [0.1, 0.15) is 0 Å². The number of hydrogen-bond acceptors (Lipinski definition) is 4. The van der Waals surface area contributed by atoms with Gasteiger partial charge in [-0.15, -0.1) is 0 Å². The van der Waals surface area contributed by atoms with Gasteiger partial charge in [-0.05, 0) is 36.4 Å². The summed E-state index contributed by atoms with van der Waals surface area (Å²) < 4.78 is 30.4. The molecule has 0 atom stereocenters. The van der Waals surface area contributed by atoms with Crippen molar-refractivity contribution in [1.82, 2.24) is 4.31 Å². The summed E-state index contributed by atoms with van der Waals surface area (Å²) in [5, 5.41) is 3.17. The number of hydrogen-bond donors (Lipinski definition) is 1. The average Bonchev–Trinajstić information content (AvgIpc) is 2.56. The van der Waals surface area contributed by atoms with Gasteiger partial charge in [-0.2, -0.15) is 0 Å². The highest BCUT2D eigenvalue weighted by molar-refractivity contribution is 7.89. The van der Waals surface area contributed by atoms with E-state index in [1.165, 1.54) is 38.4 Å². The van der Waals surface area contributed by atoms with E-state index in [-0.39, 0.29) is 16.5 Å². The molecule has 25 heavy (non-hydrogen) atoms. The number of sulfonamides is 1. The Labute approximate surface area is 156 Å². The van der Waals surface area contributed by atoms with Gasteiger partial charge in [0.1, 0.15) is 10.8 Å². The quantitative estimate of drug-likeness (QED) is 0.804. The van der Waals surface area contributed by atoms with Gasteiger partial charge in [0.15, 0.2) is 6.61 Å². The number of nitrogens with one attached hydrogen (secondary N) is 1. The number of nitrogens with zero attached hydrogens (tertiary/aromatic N) is 1. The van der Waals surface area contributed by atoms with Crippen LogP contribution in [0.3, 0.4) is 0 Å². The lowest BCUT2D eigenvalue weighted by Gasteiger charge is -2.12. The first-order valence-electron chi connectivity index (χ1n) is 7.11. The van der Waals surface area contributed by atoms with E-state index in [2.05, 4.69) is 5.32 Å². The highest BCUT2D eigenvalue weighted by atomic mass is 35.5. The minimum Gasteiger partial charge on any atom is -0.482 e. The van der Waals surface area contributed by atoms with Gasteiger partial charge in [0, 0.05) is 19.8 Å². The summed E-state index contributed by atoms with van der Waals surface area (Å²) in [6, 6.07) is 10.7. The zero-order valence-electron chi connectivity index (χ0n) is 13.5. The molecule has 0 radical (unpaired) electrons. The van der Waals surface area contributed by atoms with Crippen molar-refractivity contribution >= 4 is 44.8 Å². The molecule has 0 heterocycles. The Morgan fingerprint density at radius 1 is 1.12 bits per heavy atom. The number of rotatable bonds is 6. The van der Waals surface area contributed by atoms with Gasteiger partial charge in [0.25, 0.3) is 5.91 Å². The first-order chi connectivity index (χ1) is 11.7. The first kappa shape index (κ1) is 19.5. The highest BCUT2D eigenvalue weighted by Crippen LogP contribution is 2.31. The molecule has 0 unspecified atom stereocenters. The molecule has 1 N–H and O–H groups in total. The van der Waals surface area contributed by atoms with E-state index in [1.54, 1.807) is 18.2 Å². The van der Waals surface area contributed by atoms with Gasteiger partial charge in [0.05, 0.1) is 9.92 Å². The topological polar surface area (TPSA) is 75.7 Å². The van der Waals surface area contributed by atoms with Crippen molar-refractivity contribution in [2.45, 2.75) is 4.90 Å². The van der Waals surface area contributed by atoms with Crippen LogP contribution in [0.4, 0.5) is 5.69 Å². The average molecular weight is 403 g/mol. The van der Waals surface area contributed by atoms with E-state index in [9.17, 15) is 13.2 Å². The Kier molecular flexibility index (Phi) is 6.29. The minimum atomic E-state index is -3.51. The lowest BCUT2D eigenvalue weighted by Crippen LogP contribution is -2.22. The fourth-order valence-electron chi connectivity index (χ4n) is 1.86. The Morgan fingerprint density at radius 2 is 1.76 bits per heavy atom. The van der Waals surface area contributed by atoms with E-state index < -0.39 is 15.9 Å². The van der Waals surface area contributed by atoms with Crippen LogP contribution in [0.5, 0.6) is 5.75 Å². The Bertz CT molecular complexity index is 868. The molecular formula is C16H16Cl2N2O4S. The van der Waals surface area contributed by atoms with Crippen molar-refractivity contribution in [3.63, 3.8) is 0 Å². The molecule has 0 saturated heterocycles. The molecular weight excluding hydrogens is 387 g/mol. The summed E-state index contributed by atoms with van der Waals surface area (Å²) >= 11 is 11.8. The zero-order chi connectivity index (χ0) is 18.6. The standard InChI is InChI=1S/C16H16Cl2N2O4S/c1-20(2)25(22,23)12-8-6-11(7-9-12)19-15(21)10-24-14-5-3-4-13(17)16(14)18/h3-9H,10H2,1-2H3,(H,19,21). The summed E-state index contributed by atoms with van der Waals surface area (Å²) in [6.07, 6.45) is 0. The van der Waals surface area contributed by atoms with Gasteiger partial charge >= 0.3 is 0 Å². The molecule has 0 fully saturated rings. The van der Waals surface area contributed by atoms with Crippen LogP contribution in [0.25, 0.3) is 0 Å². The predicted octanol–water partition coefficient (Wildman–Crippen LogP) is 3.26. The normalized spacial score (nSPS) is 11.4. The van der Waals surface area contributed by atoms with Crippen molar-refractivity contribution in [3.05, 3.63) is 52.5 Å². The lowest BCUT2D eigenvalue weighted by molar-refractivity contribution is -0.118. The highest BCUT2D eigenvalue weighted by Gasteiger charge is 2.16. The Balaban J connectivity index is 1.98. The second-order valence-corrected chi connectivity index (χ2v) is 8.14. The summed E-state index contributed by atoms with van der Waals surface area (Å²) in [4.78, 5) is 12.1. The van der Waals surface area contributed by atoms with Crippen LogP contribution in [0.15, 0.2) is 47.4 Å². The molecule has 0 aromatic heterocycles. The van der Waals surface area contributed by atoms with Crippen LogP contribution < -0.4 is 10.1 Å². The van der Waals surface area contributed by atoms with Crippen molar-refractivity contribution < 1.29 is 17.9 Å². The van der Waals surface area contributed by atoms with E-state index in [4.69, 9.17) is 27.9 Å². The number of carbonyl (C=O) groups excluding carboxylic acids is 1. The fraction of sp³-hybridized carbons (Fsp3) is 0.188. The second kappa shape index (κ2) is 8.05. The van der Waals surface area contributed by atoms with E-state index >= 15 is 0 Å². The van der Waals surface area contributed by atoms with Crippen LogP contribution >= 0.6 is 23.2 Å². The van der Waals surface area contributed by atoms with Gasteiger partial charge in [-0.3, -0.25) is 4.79 Å². The molecule has 0 saturated carbocycles. The van der Waals surface area contributed by atoms with Crippen molar-refractivity contribution in [2.75, 3.05) is 26.0 Å². The summed E-state index contributed by atoms with van der Waals surface area (Å²) in [6.45, 7) is -0.266. The van der Waals surface area contributed by atoms with Crippen LogP contribution in [0, 0.1) is 0 Å².